The first kappa shape index (κ1) is 12.0. The topological polar surface area (TPSA) is 43.1 Å². The van der Waals surface area contributed by atoms with Crippen molar-refractivity contribution in [3.63, 3.8) is 0 Å². The smallest absolute Gasteiger partial charge is 0.258 e. The molecular formula is C8H9BrFNO2. The maximum Gasteiger partial charge on any atom is 0.305 e. The van der Waals surface area contributed by atoms with E-state index in [-0.39, 0.29) is 0 Å². The quantitative estimate of drug-likeness (QED) is 0.565. The zero-order chi connectivity index (χ0) is 10.4. The van der Waals surface area contributed by atoms with E-state index in [1.165, 1.54) is 6.07 Å². The van der Waals surface area contributed by atoms with Gasteiger partial charge in [-0.15, -0.1) is 0 Å². The minimum Gasteiger partial charge on any atom is -0.258 e. The molecule has 0 spiro atoms. The van der Waals surface area contributed by atoms with Crippen LogP contribution >= 0.6 is 15.9 Å². The summed E-state index contributed by atoms with van der Waals surface area (Å²) in [6.07, 6.45) is 0. The molecule has 3 nitrogen and oxygen atoms in total. The van der Waals surface area contributed by atoms with Gasteiger partial charge in [-0.3, -0.25) is 10.1 Å². The highest BCUT2D eigenvalue weighted by Crippen LogP contribution is 2.21. The van der Waals surface area contributed by atoms with E-state index in [9.17, 15) is 14.5 Å². The van der Waals surface area contributed by atoms with Crippen molar-refractivity contribution in [3.8, 4) is 0 Å². The van der Waals surface area contributed by atoms with E-state index in [1.807, 2.05) is 13.8 Å². The minimum absolute atomic E-state index is 0.491. The van der Waals surface area contributed by atoms with Gasteiger partial charge in [0.15, 0.2) is 0 Å². The largest absolute Gasteiger partial charge is 0.305 e. The Morgan fingerprint density at radius 2 is 2.00 bits per heavy atom. The first-order valence-electron chi connectivity index (χ1n) is 3.70. The summed E-state index contributed by atoms with van der Waals surface area (Å²) >= 11 is 2.99. The van der Waals surface area contributed by atoms with Gasteiger partial charge in [-0.1, -0.05) is 29.8 Å². The molecule has 1 aromatic carbocycles. The van der Waals surface area contributed by atoms with Crippen LogP contribution in [0.4, 0.5) is 10.1 Å². The number of nitro benzene ring substituents is 1. The van der Waals surface area contributed by atoms with Gasteiger partial charge in [0.05, 0.1) is 4.92 Å². The normalized spacial score (nSPS) is 8.62. The van der Waals surface area contributed by atoms with Crippen LogP contribution in [0.25, 0.3) is 0 Å². The van der Waals surface area contributed by atoms with Gasteiger partial charge < -0.3 is 0 Å². The summed E-state index contributed by atoms with van der Waals surface area (Å²) in [5.41, 5.74) is -0.514. The number of rotatable bonds is 1. The van der Waals surface area contributed by atoms with Gasteiger partial charge in [0, 0.05) is 10.5 Å². The number of nitro groups is 1. The third kappa shape index (κ3) is 3.50. The monoisotopic (exact) mass is 249 g/mol. The van der Waals surface area contributed by atoms with Crippen LogP contribution in [0, 0.1) is 15.9 Å². The number of hydrogen-bond acceptors (Lipinski definition) is 2. The van der Waals surface area contributed by atoms with Crippen LogP contribution in [0.3, 0.4) is 0 Å². The lowest BCUT2D eigenvalue weighted by atomic mass is 10.3. The Labute approximate surface area is 83.9 Å². The molecule has 0 fully saturated rings. The second-order valence-corrected chi connectivity index (χ2v) is 2.77. The Morgan fingerprint density at radius 3 is 2.38 bits per heavy atom. The molecule has 0 aliphatic carbocycles. The molecule has 72 valence electrons. The fourth-order valence-electron chi connectivity index (χ4n) is 0.626. The molecule has 0 heterocycles. The van der Waals surface area contributed by atoms with Gasteiger partial charge >= 0.3 is 5.69 Å². The Morgan fingerprint density at radius 1 is 1.46 bits per heavy atom. The van der Waals surface area contributed by atoms with E-state index in [0.29, 0.717) is 4.47 Å². The van der Waals surface area contributed by atoms with E-state index in [0.717, 1.165) is 12.1 Å². The predicted molar refractivity (Wildman–Crippen MR) is 52.1 cm³/mol. The molecule has 0 radical (unpaired) electrons. The zero-order valence-electron chi connectivity index (χ0n) is 7.25. The summed E-state index contributed by atoms with van der Waals surface area (Å²) in [5, 5.41) is 10.1. The lowest BCUT2D eigenvalue weighted by Crippen LogP contribution is -1.91. The molecule has 1 rings (SSSR count). The predicted octanol–water partition coefficient (Wildman–Crippen LogP) is 3.52. The van der Waals surface area contributed by atoms with Crippen molar-refractivity contribution in [1.82, 2.24) is 0 Å². The molecule has 5 heteroatoms. The van der Waals surface area contributed by atoms with E-state index in [4.69, 9.17) is 0 Å². The Balaban J connectivity index is 0.000000671. The van der Waals surface area contributed by atoms with Gasteiger partial charge in [0.1, 0.15) is 0 Å². The van der Waals surface area contributed by atoms with Crippen LogP contribution in [-0.2, 0) is 0 Å². The van der Waals surface area contributed by atoms with Crippen LogP contribution in [-0.4, -0.2) is 4.92 Å². The van der Waals surface area contributed by atoms with Crippen LogP contribution in [0.2, 0.25) is 0 Å². The molecule has 0 unspecified atom stereocenters. The summed E-state index contributed by atoms with van der Waals surface area (Å²) in [4.78, 5) is 9.35. The van der Waals surface area contributed by atoms with Gasteiger partial charge in [0.2, 0.25) is 5.82 Å². The van der Waals surface area contributed by atoms with Crippen LogP contribution in [0.1, 0.15) is 13.8 Å². The van der Waals surface area contributed by atoms with Crippen molar-refractivity contribution in [2.24, 2.45) is 0 Å². The molecule has 13 heavy (non-hydrogen) atoms. The fraction of sp³-hybridized carbons (Fsp3) is 0.250. The number of halogens is 2. The van der Waals surface area contributed by atoms with E-state index >= 15 is 0 Å². The second kappa shape index (κ2) is 5.64. The SMILES string of the molecule is CC.O=[N+]([O-])c1cc(Br)ccc1F. The van der Waals surface area contributed by atoms with Gasteiger partial charge in [-0.05, 0) is 12.1 Å². The molecule has 0 amide bonds. The van der Waals surface area contributed by atoms with Gasteiger partial charge in [0.25, 0.3) is 0 Å². The summed E-state index contributed by atoms with van der Waals surface area (Å²) in [6.45, 7) is 4.00. The highest BCUT2D eigenvalue weighted by molar-refractivity contribution is 9.10. The zero-order valence-corrected chi connectivity index (χ0v) is 8.84. The summed E-state index contributed by atoms with van der Waals surface area (Å²) in [5.74, 6) is -0.821. The maximum atomic E-state index is 12.6. The highest BCUT2D eigenvalue weighted by Gasteiger charge is 2.12. The van der Waals surface area contributed by atoms with Crippen molar-refractivity contribution < 1.29 is 9.31 Å². The molecule has 0 saturated carbocycles. The lowest BCUT2D eigenvalue weighted by Gasteiger charge is -1.92. The van der Waals surface area contributed by atoms with Crippen molar-refractivity contribution in [2.75, 3.05) is 0 Å². The molecule has 0 N–H and O–H groups in total. The summed E-state index contributed by atoms with van der Waals surface area (Å²) in [7, 11) is 0. The Hall–Kier alpha value is -0.970. The summed E-state index contributed by atoms with van der Waals surface area (Å²) < 4.78 is 13.0. The number of benzene rings is 1. The number of hydrogen-bond donors (Lipinski definition) is 0. The summed E-state index contributed by atoms with van der Waals surface area (Å²) in [6, 6.07) is 3.57. The highest BCUT2D eigenvalue weighted by atomic mass is 79.9. The van der Waals surface area contributed by atoms with Crippen molar-refractivity contribution >= 4 is 21.6 Å². The minimum atomic E-state index is -0.821. The van der Waals surface area contributed by atoms with Crippen molar-refractivity contribution in [2.45, 2.75) is 13.8 Å². The number of nitrogens with zero attached hydrogens (tertiary/aromatic N) is 1. The Bertz CT molecular complexity index is 304. The Kier molecular flexibility index (Phi) is 5.22. The maximum absolute atomic E-state index is 12.6. The first-order chi connectivity index (χ1) is 6.11. The van der Waals surface area contributed by atoms with E-state index in [1.54, 1.807) is 0 Å². The first-order valence-corrected chi connectivity index (χ1v) is 4.50. The van der Waals surface area contributed by atoms with Crippen LogP contribution < -0.4 is 0 Å². The molecule has 0 aliphatic heterocycles. The fourth-order valence-corrected chi connectivity index (χ4v) is 0.975. The molecule has 0 aromatic heterocycles. The second-order valence-electron chi connectivity index (χ2n) is 1.85. The van der Waals surface area contributed by atoms with Crippen molar-refractivity contribution in [1.29, 1.82) is 0 Å². The van der Waals surface area contributed by atoms with Gasteiger partial charge in [-0.2, -0.15) is 4.39 Å². The molecule has 1 aromatic rings. The third-order valence-electron chi connectivity index (χ3n) is 1.10. The van der Waals surface area contributed by atoms with Crippen molar-refractivity contribution in [3.05, 3.63) is 38.6 Å². The van der Waals surface area contributed by atoms with Crippen LogP contribution in [0.15, 0.2) is 22.7 Å². The average Bonchev–Trinajstić information content (AvgIpc) is 2.12. The average molecular weight is 250 g/mol. The van der Waals surface area contributed by atoms with E-state index in [2.05, 4.69) is 15.9 Å². The molecule has 0 bridgehead atoms. The molecule has 0 aliphatic rings. The molecule has 0 saturated heterocycles. The lowest BCUT2D eigenvalue weighted by molar-refractivity contribution is -0.387. The van der Waals surface area contributed by atoms with E-state index < -0.39 is 16.4 Å². The molecular weight excluding hydrogens is 241 g/mol. The molecule has 0 atom stereocenters. The third-order valence-corrected chi connectivity index (χ3v) is 1.60. The van der Waals surface area contributed by atoms with Crippen LogP contribution in [0.5, 0.6) is 0 Å². The standard InChI is InChI=1S/C6H3BrFNO2.C2H6/c7-4-1-2-5(8)6(3-4)9(10)11;1-2/h1-3H;1-2H3. The van der Waals surface area contributed by atoms with Gasteiger partial charge in [-0.25, -0.2) is 0 Å².